The van der Waals surface area contributed by atoms with Crippen molar-refractivity contribution in [2.75, 3.05) is 40.8 Å². The SMILES string of the molecule is CN=C(CN(C)CCN(C)C(=O)OC(C)(C)C)/C(Br)=C(/C)N. The lowest BCUT2D eigenvalue weighted by Gasteiger charge is -2.26. The van der Waals surface area contributed by atoms with Gasteiger partial charge in [-0.25, -0.2) is 4.79 Å². The van der Waals surface area contributed by atoms with E-state index in [0.717, 1.165) is 10.2 Å². The van der Waals surface area contributed by atoms with E-state index < -0.39 is 5.60 Å². The molecule has 0 saturated heterocycles. The molecule has 22 heavy (non-hydrogen) atoms. The summed E-state index contributed by atoms with van der Waals surface area (Å²) in [4.78, 5) is 19.8. The van der Waals surface area contributed by atoms with Crippen molar-refractivity contribution >= 4 is 27.7 Å². The monoisotopic (exact) mass is 376 g/mol. The van der Waals surface area contributed by atoms with Crippen molar-refractivity contribution in [2.24, 2.45) is 10.7 Å². The van der Waals surface area contributed by atoms with Crippen LogP contribution in [0.1, 0.15) is 27.7 Å². The molecule has 0 aliphatic heterocycles. The first kappa shape index (κ1) is 20.9. The van der Waals surface area contributed by atoms with Gasteiger partial charge in [0.25, 0.3) is 0 Å². The van der Waals surface area contributed by atoms with Gasteiger partial charge in [0.05, 0.1) is 10.2 Å². The summed E-state index contributed by atoms with van der Waals surface area (Å²) >= 11 is 3.45. The maximum absolute atomic E-state index is 11.9. The van der Waals surface area contributed by atoms with Gasteiger partial charge in [0.2, 0.25) is 0 Å². The van der Waals surface area contributed by atoms with E-state index in [1.165, 1.54) is 0 Å². The lowest BCUT2D eigenvalue weighted by atomic mass is 10.2. The van der Waals surface area contributed by atoms with Gasteiger partial charge < -0.3 is 15.4 Å². The molecular formula is C15H29BrN4O2. The highest BCUT2D eigenvalue weighted by Crippen LogP contribution is 2.12. The van der Waals surface area contributed by atoms with Gasteiger partial charge in [0.15, 0.2) is 0 Å². The Balaban J connectivity index is 4.43. The summed E-state index contributed by atoms with van der Waals surface area (Å²) in [7, 11) is 5.44. The number of rotatable bonds is 6. The van der Waals surface area contributed by atoms with Gasteiger partial charge in [0, 0.05) is 39.4 Å². The second kappa shape index (κ2) is 9.15. The highest BCUT2D eigenvalue weighted by molar-refractivity contribution is 9.12. The topological polar surface area (TPSA) is 71.2 Å². The molecule has 0 fully saturated rings. The van der Waals surface area contributed by atoms with Crippen LogP contribution in [0, 0.1) is 0 Å². The Labute approximate surface area is 142 Å². The van der Waals surface area contributed by atoms with Crippen LogP contribution in [-0.4, -0.2) is 68.0 Å². The minimum Gasteiger partial charge on any atom is -0.444 e. The third kappa shape index (κ3) is 8.38. The number of carbonyl (C=O) groups excluding carboxylic acids is 1. The van der Waals surface area contributed by atoms with Crippen LogP contribution in [0.4, 0.5) is 4.79 Å². The molecule has 0 aromatic heterocycles. The second-order valence-corrected chi connectivity index (χ2v) is 7.10. The average Bonchev–Trinajstić information content (AvgIpc) is 2.39. The number of aliphatic imine (C=N–C) groups is 1. The van der Waals surface area contributed by atoms with E-state index in [9.17, 15) is 4.79 Å². The third-order valence-corrected chi connectivity index (χ3v) is 3.89. The number of nitrogens with zero attached hydrogens (tertiary/aromatic N) is 3. The highest BCUT2D eigenvalue weighted by atomic mass is 79.9. The van der Waals surface area contributed by atoms with E-state index >= 15 is 0 Å². The molecule has 1 amide bonds. The number of allylic oxidation sites excluding steroid dienone is 1. The van der Waals surface area contributed by atoms with Crippen LogP contribution >= 0.6 is 15.9 Å². The average molecular weight is 377 g/mol. The smallest absolute Gasteiger partial charge is 0.410 e. The van der Waals surface area contributed by atoms with Crippen molar-refractivity contribution in [3.05, 3.63) is 10.2 Å². The molecule has 128 valence electrons. The molecule has 7 heteroatoms. The minimum absolute atomic E-state index is 0.316. The van der Waals surface area contributed by atoms with Crippen LogP contribution in [-0.2, 0) is 4.74 Å². The van der Waals surface area contributed by atoms with E-state index in [0.29, 0.717) is 25.3 Å². The fraction of sp³-hybridized carbons (Fsp3) is 0.733. The fourth-order valence-electron chi connectivity index (χ4n) is 1.55. The summed E-state index contributed by atoms with van der Waals surface area (Å²) < 4.78 is 6.14. The normalized spacial score (nSPS) is 14.0. The fourth-order valence-corrected chi connectivity index (χ4v) is 1.86. The van der Waals surface area contributed by atoms with Gasteiger partial charge in [-0.3, -0.25) is 9.89 Å². The molecule has 0 rings (SSSR count). The van der Waals surface area contributed by atoms with Gasteiger partial charge in [-0.2, -0.15) is 0 Å². The number of halogens is 1. The van der Waals surface area contributed by atoms with E-state index in [4.69, 9.17) is 10.5 Å². The summed E-state index contributed by atoms with van der Waals surface area (Å²) in [5.41, 5.74) is 6.87. The number of amides is 1. The van der Waals surface area contributed by atoms with Crippen LogP contribution in [0.25, 0.3) is 0 Å². The second-order valence-electron chi connectivity index (χ2n) is 6.31. The number of carbonyl (C=O) groups is 1. The van der Waals surface area contributed by atoms with Crippen molar-refractivity contribution in [1.82, 2.24) is 9.80 Å². The van der Waals surface area contributed by atoms with Crippen molar-refractivity contribution in [1.29, 1.82) is 0 Å². The molecule has 0 spiro atoms. The molecular weight excluding hydrogens is 348 g/mol. The van der Waals surface area contributed by atoms with Crippen molar-refractivity contribution < 1.29 is 9.53 Å². The highest BCUT2D eigenvalue weighted by Gasteiger charge is 2.19. The molecule has 0 aromatic rings. The third-order valence-electron chi connectivity index (χ3n) is 2.81. The molecule has 0 saturated carbocycles. The predicted octanol–water partition coefficient (Wildman–Crippen LogP) is 2.44. The Bertz CT molecular complexity index is 437. The lowest BCUT2D eigenvalue weighted by molar-refractivity contribution is 0.0289. The maximum atomic E-state index is 11.9. The quantitative estimate of drug-likeness (QED) is 0.722. The molecule has 0 aliphatic rings. The Hall–Kier alpha value is -1.08. The summed E-state index contributed by atoms with van der Waals surface area (Å²) in [5.74, 6) is 0. The Morgan fingerprint density at radius 2 is 1.82 bits per heavy atom. The molecule has 0 heterocycles. The van der Waals surface area contributed by atoms with Gasteiger partial charge in [-0.1, -0.05) is 0 Å². The van der Waals surface area contributed by atoms with Crippen LogP contribution in [0.5, 0.6) is 0 Å². The summed E-state index contributed by atoms with van der Waals surface area (Å²) in [6.45, 7) is 9.32. The zero-order chi connectivity index (χ0) is 17.5. The Kier molecular flexibility index (Phi) is 8.70. The van der Waals surface area contributed by atoms with Crippen LogP contribution in [0.3, 0.4) is 0 Å². The lowest BCUT2D eigenvalue weighted by Crippen LogP contribution is -2.39. The van der Waals surface area contributed by atoms with E-state index in [1.54, 1.807) is 19.0 Å². The first-order valence-corrected chi connectivity index (χ1v) is 7.97. The summed E-state index contributed by atoms with van der Waals surface area (Å²) in [5, 5.41) is 0. The van der Waals surface area contributed by atoms with Crippen LogP contribution in [0.2, 0.25) is 0 Å². The van der Waals surface area contributed by atoms with Crippen LogP contribution in [0.15, 0.2) is 15.2 Å². The molecule has 0 aliphatic carbocycles. The molecule has 0 unspecified atom stereocenters. The Morgan fingerprint density at radius 1 is 1.27 bits per heavy atom. The van der Waals surface area contributed by atoms with Crippen LogP contribution < -0.4 is 5.73 Å². The molecule has 0 atom stereocenters. The van der Waals surface area contributed by atoms with E-state index in [-0.39, 0.29) is 6.09 Å². The molecule has 2 N–H and O–H groups in total. The number of hydrogen-bond acceptors (Lipinski definition) is 5. The first-order chi connectivity index (χ1) is 9.97. The van der Waals surface area contributed by atoms with E-state index in [2.05, 4.69) is 25.8 Å². The Morgan fingerprint density at radius 3 is 2.23 bits per heavy atom. The zero-order valence-corrected chi connectivity index (χ0v) is 16.3. The minimum atomic E-state index is -0.479. The van der Waals surface area contributed by atoms with E-state index in [1.807, 2.05) is 34.7 Å². The first-order valence-electron chi connectivity index (χ1n) is 7.18. The van der Waals surface area contributed by atoms with Gasteiger partial charge in [-0.05, 0) is 50.7 Å². The summed E-state index contributed by atoms with van der Waals surface area (Å²) in [6.07, 6.45) is -0.316. The van der Waals surface area contributed by atoms with Crippen molar-refractivity contribution in [2.45, 2.75) is 33.3 Å². The molecule has 0 bridgehead atoms. The zero-order valence-electron chi connectivity index (χ0n) is 14.7. The molecule has 0 radical (unpaired) electrons. The van der Waals surface area contributed by atoms with Gasteiger partial charge in [-0.15, -0.1) is 0 Å². The number of hydrogen-bond donors (Lipinski definition) is 1. The van der Waals surface area contributed by atoms with Crippen molar-refractivity contribution in [3.63, 3.8) is 0 Å². The van der Waals surface area contributed by atoms with Gasteiger partial charge >= 0.3 is 6.09 Å². The molecule has 0 aromatic carbocycles. The largest absolute Gasteiger partial charge is 0.444 e. The number of nitrogens with two attached hydrogens (primary N) is 1. The van der Waals surface area contributed by atoms with Crippen molar-refractivity contribution in [3.8, 4) is 0 Å². The molecule has 6 nitrogen and oxygen atoms in total. The number of ether oxygens (including phenoxy) is 1. The standard InChI is InChI=1S/C15H29BrN4O2/c1-11(17)13(16)12(18-5)10-19(6)8-9-20(7)14(21)22-15(2,3)4/h8-10,17H2,1-7H3/b13-11+,18-12?. The maximum Gasteiger partial charge on any atom is 0.410 e. The van der Waals surface area contributed by atoms with Gasteiger partial charge in [0.1, 0.15) is 5.60 Å². The number of likely N-dealkylation sites (N-methyl/N-ethyl adjacent to an activating group) is 2. The summed E-state index contributed by atoms with van der Waals surface area (Å²) in [6, 6.07) is 0. The predicted molar refractivity (Wildman–Crippen MR) is 95.5 cm³/mol.